The van der Waals surface area contributed by atoms with Crippen LogP contribution in [0.15, 0.2) is 53.0 Å². The first-order chi connectivity index (χ1) is 13.4. The Balaban J connectivity index is 2.06. The van der Waals surface area contributed by atoms with E-state index in [-0.39, 0.29) is 18.4 Å². The summed E-state index contributed by atoms with van der Waals surface area (Å²) in [6.45, 7) is 6.43. The summed E-state index contributed by atoms with van der Waals surface area (Å²) >= 11 is 3.45. The van der Waals surface area contributed by atoms with Gasteiger partial charge in [0.1, 0.15) is 11.8 Å². The van der Waals surface area contributed by atoms with Gasteiger partial charge in [0, 0.05) is 17.6 Å². The highest BCUT2D eigenvalue weighted by atomic mass is 79.9. The Hall–Kier alpha value is -2.34. The third-order valence-corrected chi connectivity index (χ3v) is 5.38. The fourth-order valence-electron chi connectivity index (χ4n) is 2.83. The molecule has 2 amide bonds. The highest BCUT2D eigenvalue weighted by Crippen LogP contribution is 2.21. The molecule has 0 fully saturated rings. The average molecular weight is 447 g/mol. The molecule has 28 heavy (non-hydrogen) atoms. The van der Waals surface area contributed by atoms with Gasteiger partial charge in [-0.1, -0.05) is 46.3 Å². The van der Waals surface area contributed by atoms with Crippen LogP contribution in [0.4, 0.5) is 0 Å². The maximum absolute atomic E-state index is 12.9. The van der Waals surface area contributed by atoms with E-state index in [1.807, 2.05) is 62.4 Å². The number of nitrogens with one attached hydrogen (secondary N) is 1. The van der Waals surface area contributed by atoms with E-state index in [1.54, 1.807) is 11.8 Å². The molecule has 150 valence electrons. The number of halogens is 1. The van der Waals surface area contributed by atoms with Crippen LogP contribution in [0.2, 0.25) is 0 Å². The number of hydrogen-bond acceptors (Lipinski definition) is 3. The van der Waals surface area contributed by atoms with Crippen molar-refractivity contribution in [3.63, 3.8) is 0 Å². The van der Waals surface area contributed by atoms with E-state index in [0.717, 1.165) is 15.6 Å². The predicted molar refractivity (Wildman–Crippen MR) is 114 cm³/mol. The smallest absolute Gasteiger partial charge is 0.261 e. The number of carbonyl (C=O) groups is 2. The number of nitrogens with zero attached hydrogens (tertiary/aromatic N) is 1. The number of aryl methyl sites for hydroxylation is 1. The number of amides is 2. The van der Waals surface area contributed by atoms with Crippen LogP contribution in [0.5, 0.6) is 5.75 Å². The van der Waals surface area contributed by atoms with E-state index in [0.29, 0.717) is 25.3 Å². The van der Waals surface area contributed by atoms with Crippen molar-refractivity contribution < 1.29 is 14.3 Å². The molecule has 1 atom stereocenters. The number of rotatable bonds is 9. The Bertz CT molecular complexity index is 796. The van der Waals surface area contributed by atoms with Crippen molar-refractivity contribution in [2.45, 2.75) is 33.2 Å². The van der Waals surface area contributed by atoms with Gasteiger partial charge >= 0.3 is 0 Å². The van der Waals surface area contributed by atoms with Gasteiger partial charge in [-0.3, -0.25) is 9.59 Å². The normalized spacial score (nSPS) is 11.6. The van der Waals surface area contributed by atoms with E-state index in [4.69, 9.17) is 4.74 Å². The molecule has 5 nitrogen and oxygen atoms in total. The van der Waals surface area contributed by atoms with Gasteiger partial charge in [0.25, 0.3) is 5.91 Å². The Morgan fingerprint density at radius 2 is 1.89 bits per heavy atom. The zero-order chi connectivity index (χ0) is 20.5. The zero-order valence-electron chi connectivity index (χ0n) is 16.6. The molecule has 1 N–H and O–H groups in total. The Morgan fingerprint density at radius 3 is 2.54 bits per heavy atom. The van der Waals surface area contributed by atoms with Crippen molar-refractivity contribution in [2.75, 3.05) is 19.7 Å². The number of benzene rings is 2. The molecule has 0 spiro atoms. The average Bonchev–Trinajstić information content (AvgIpc) is 2.69. The van der Waals surface area contributed by atoms with Gasteiger partial charge in [0.2, 0.25) is 5.91 Å². The minimum absolute atomic E-state index is 0.112. The van der Waals surface area contributed by atoms with Crippen LogP contribution in [0.25, 0.3) is 0 Å². The maximum Gasteiger partial charge on any atom is 0.261 e. The fourth-order valence-corrected chi connectivity index (χ4v) is 3.07. The van der Waals surface area contributed by atoms with Crippen molar-refractivity contribution in [3.05, 3.63) is 64.1 Å². The van der Waals surface area contributed by atoms with Gasteiger partial charge in [0.15, 0.2) is 6.61 Å². The van der Waals surface area contributed by atoms with Gasteiger partial charge in [-0.05, 0) is 56.5 Å². The van der Waals surface area contributed by atoms with E-state index < -0.39 is 6.04 Å². The third kappa shape index (κ3) is 6.37. The second-order valence-electron chi connectivity index (χ2n) is 6.59. The third-order valence-electron chi connectivity index (χ3n) is 4.49. The van der Waals surface area contributed by atoms with Gasteiger partial charge < -0.3 is 15.0 Å². The SMILES string of the molecule is CCNC(=O)[C@H](C)N(CCc1ccccc1)C(=O)COc1ccc(Br)c(C)c1. The summed E-state index contributed by atoms with van der Waals surface area (Å²) in [4.78, 5) is 26.7. The molecular weight excluding hydrogens is 420 g/mol. The Morgan fingerprint density at radius 1 is 1.18 bits per heavy atom. The van der Waals surface area contributed by atoms with Crippen molar-refractivity contribution in [3.8, 4) is 5.75 Å². The molecule has 0 radical (unpaired) electrons. The summed E-state index contributed by atoms with van der Waals surface area (Å²) in [6.07, 6.45) is 0.674. The monoisotopic (exact) mass is 446 g/mol. The molecule has 0 unspecified atom stereocenters. The van der Waals surface area contributed by atoms with Crippen LogP contribution in [0.3, 0.4) is 0 Å². The molecule has 0 saturated carbocycles. The van der Waals surface area contributed by atoms with Crippen LogP contribution in [-0.2, 0) is 16.0 Å². The lowest BCUT2D eigenvalue weighted by Crippen LogP contribution is -2.50. The van der Waals surface area contributed by atoms with Gasteiger partial charge in [-0.15, -0.1) is 0 Å². The first kappa shape index (κ1) is 22.0. The molecule has 0 bridgehead atoms. The quantitative estimate of drug-likeness (QED) is 0.638. The van der Waals surface area contributed by atoms with E-state index in [1.165, 1.54) is 0 Å². The second-order valence-corrected chi connectivity index (χ2v) is 7.45. The van der Waals surface area contributed by atoms with Gasteiger partial charge in [-0.25, -0.2) is 0 Å². The van der Waals surface area contributed by atoms with Crippen molar-refractivity contribution in [1.82, 2.24) is 10.2 Å². The Kier molecular flexibility index (Phi) is 8.51. The highest BCUT2D eigenvalue weighted by molar-refractivity contribution is 9.10. The molecule has 0 aliphatic carbocycles. The van der Waals surface area contributed by atoms with Crippen molar-refractivity contribution in [2.24, 2.45) is 0 Å². The zero-order valence-corrected chi connectivity index (χ0v) is 18.2. The van der Waals surface area contributed by atoms with E-state index >= 15 is 0 Å². The number of ether oxygens (including phenoxy) is 1. The summed E-state index contributed by atoms with van der Waals surface area (Å²) < 4.78 is 6.67. The molecular formula is C22H27BrN2O3. The highest BCUT2D eigenvalue weighted by Gasteiger charge is 2.25. The molecule has 6 heteroatoms. The molecule has 0 aliphatic rings. The Labute approximate surface area is 175 Å². The molecule has 0 aromatic heterocycles. The first-order valence-corrected chi connectivity index (χ1v) is 10.2. The van der Waals surface area contributed by atoms with Crippen LogP contribution in [-0.4, -0.2) is 42.5 Å². The minimum atomic E-state index is -0.564. The van der Waals surface area contributed by atoms with Crippen LogP contribution in [0, 0.1) is 6.92 Å². The molecule has 2 rings (SSSR count). The summed E-state index contributed by atoms with van der Waals surface area (Å²) in [7, 11) is 0. The molecule has 0 aliphatic heterocycles. The summed E-state index contributed by atoms with van der Waals surface area (Å²) in [6, 6.07) is 14.9. The second kappa shape index (κ2) is 10.9. The van der Waals surface area contributed by atoms with Crippen LogP contribution < -0.4 is 10.1 Å². The fraction of sp³-hybridized carbons (Fsp3) is 0.364. The predicted octanol–water partition coefficient (Wildman–Crippen LogP) is 3.73. The van der Waals surface area contributed by atoms with E-state index in [2.05, 4.69) is 21.2 Å². The maximum atomic E-state index is 12.9. The molecule has 0 saturated heterocycles. The van der Waals surface area contributed by atoms with Gasteiger partial charge in [-0.2, -0.15) is 0 Å². The number of carbonyl (C=O) groups excluding carboxylic acids is 2. The summed E-state index contributed by atoms with van der Waals surface area (Å²) in [5.41, 5.74) is 2.15. The lowest BCUT2D eigenvalue weighted by atomic mass is 10.1. The molecule has 0 heterocycles. The van der Waals surface area contributed by atoms with Crippen molar-refractivity contribution >= 4 is 27.7 Å². The largest absolute Gasteiger partial charge is 0.484 e. The number of likely N-dealkylation sites (N-methyl/N-ethyl adjacent to an activating group) is 1. The first-order valence-electron chi connectivity index (χ1n) is 9.42. The van der Waals surface area contributed by atoms with Crippen LogP contribution >= 0.6 is 15.9 Å². The van der Waals surface area contributed by atoms with E-state index in [9.17, 15) is 9.59 Å². The van der Waals surface area contributed by atoms with Gasteiger partial charge in [0.05, 0.1) is 0 Å². The minimum Gasteiger partial charge on any atom is -0.484 e. The number of hydrogen-bond donors (Lipinski definition) is 1. The summed E-state index contributed by atoms with van der Waals surface area (Å²) in [5.74, 6) is 0.251. The van der Waals surface area contributed by atoms with Crippen molar-refractivity contribution in [1.29, 1.82) is 0 Å². The lowest BCUT2D eigenvalue weighted by molar-refractivity contribution is -0.141. The standard InChI is InChI=1S/C22H27BrN2O3/c1-4-24-22(27)17(3)25(13-12-18-8-6-5-7-9-18)21(26)15-28-19-10-11-20(23)16(2)14-19/h5-11,14,17H,4,12-13,15H2,1-3H3,(H,24,27)/t17-/m0/s1. The molecule has 2 aromatic carbocycles. The van der Waals surface area contributed by atoms with Crippen LogP contribution in [0.1, 0.15) is 25.0 Å². The lowest BCUT2D eigenvalue weighted by Gasteiger charge is -2.28. The topological polar surface area (TPSA) is 58.6 Å². The summed E-state index contributed by atoms with van der Waals surface area (Å²) in [5, 5.41) is 2.79. The molecule has 2 aromatic rings.